The van der Waals surface area contributed by atoms with Gasteiger partial charge in [0.2, 0.25) is 5.91 Å². The number of hydroxylamine groups is 1. The molecule has 3 N–H and O–H groups in total. The van der Waals surface area contributed by atoms with E-state index >= 15 is 0 Å². The molecule has 5 rings (SSSR count). The molecule has 1 unspecified atom stereocenters. The highest BCUT2D eigenvalue weighted by atomic mass is 32.1. The van der Waals surface area contributed by atoms with Gasteiger partial charge < -0.3 is 14.5 Å². The number of aliphatic hydroxyl groups is 1. The Bertz CT molecular complexity index is 1230. The first-order chi connectivity index (χ1) is 17.2. The summed E-state index contributed by atoms with van der Waals surface area (Å²) in [6.07, 6.45) is -0.524. The Balaban J connectivity index is 1.34. The van der Waals surface area contributed by atoms with Crippen molar-refractivity contribution in [1.29, 1.82) is 0 Å². The number of β-amino-alcohol motifs (C(OH)–C–C–N with tert-alkyl or cyclic N) is 1. The second-order valence-electron chi connectivity index (χ2n) is 10.3. The highest BCUT2D eigenvalue weighted by molar-refractivity contribution is 7.13. The Morgan fingerprint density at radius 1 is 1.28 bits per heavy atom. The van der Waals surface area contributed by atoms with Gasteiger partial charge in [0.15, 0.2) is 5.72 Å². The number of likely N-dealkylation sites (tertiary alicyclic amines) is 1. The van der Waals surface area contributed by atoms with E-state index in [1.165, 1.54) is 0 Å². The summed E-state index contributed by atoms with van der Waals surface area (Å²) in [7, 11) is 0. The van der Waals surface area contributed by atoms with Crippen molar-refractivity contribution in [3.63, 3.8) is 0 Å². The van der Waals surface area contributed by atoms with Gasteiger partial charge in [-0.1, -0.05) is 43.3 Å². The smallest absolute Gasteiger partial charge is 0.234 e. The van der Waals surface area contributed by atoms with E-state index in [4.69, 9.17) is 9.36 Å². The summed E-state index contributed by atoms with van der Waals surface area (Å²) < 4.78 is 5.47. The molecule has 0 bridgehead atoms. The van der Waals surface area contributed by atoms with Gasteiger partial charge in [-0.05, 0) is 38.7 Å². The maximum atomic E-state index is 13.7. The van der Waals surface area contributed by atoms with E-state index < -0.39 is 17.7 Å². The lowest BCUT2D eigenvalue weighted by Crippen LogP contribution is -2.54. The fourth-order valence-electron chi connectivity index (χ4n) is 5.23. The largest absolute Gasteiger partial charge is 0.391 e. The van der Waals surface area contributed by atoms with Gasteiger partial charge in [0.1, 0.15) is 17.8 Å². The summed E-state index contributed by atoms with van der Waals surface area (Å²) in [6.45, 7) is 10.1. The Morgan fingerprint density at radius 3 is 2.64 bits per heavy atom. The van der Waals surface area contributed by atoms with Crippen LogP contribution in [0.5, 0.6) is 0 Å². The number of hydrogen-bond acceptors (Lipinski definition) is 9. The van der Waals surface area contributed by atoms with Gasteiger partial charge in [-0.25, -0.2) is 4.98 Å². The summed E-state index contributed by atoms with van der Waals surface area (Å²) in [5, 5.41) is 18.0. The van der Waals surface area contributed by atoms with E-state index in [1.54, 1.807) is 16.2 Å². The summed E-state index contributed by atoms with van der Waals surface area (Å²) in [6, 6.07) is 9.74. The summed E-state index contributed by atoms with van der Waals surface area (Å²) in [5.41, 5.74) is 7.97. The Hall–Kier alpha value is -2.63. The van der Waals surface area contributed by atoms with Crippen LogP contribution in [0.4, 0.5) is 0 Å². The lowest BCUT2D eigenvalue weighted by atomic mass is 9.91. The number of hydrogen-bond donors (Lipinski definition) is 3. The first-order valence-corrected chi connectivity index (χ1v) is 13.2. The highest BCUT2D eigenvalue weighted by Crippen LogP contribution is 2.35. The van der Waals surface area contributed by atoms with E-state index in [1.807, 2.05) is 58.3 Å². The van der Waals surface area contributed by atoms with Crippen LogP contribution in [-0.2, 0) is 15.4 Å². The van der Waals surface area contributed by atoms with Crippen molar-refractivity contribution in [2.75, 3.05) is 6.54 Å². The van der Waals surface area contributed by atoms with Gasteiger partial charge in [-0.2, -0.15) is 5.48 Å². The molecule has 2 aromatic heterocycles. The molecule has 1 amide bonds. The molecule has 2 aliphatic rings. The second kappa shape index (κ2) is 9.68. The van der Waals surface area contributed by atoms with Gasteiger partial charge in [0.05, 0.1) is 33.9 Å². The third-order valence-corrected chi connectivity index (χ3v) is 8.12. The van der Waals surface area contributed by atoms with Crippen LogP contribution in [0, 0.1) is 19.8 Å². The topological polar surface area (TPSA) is 113 Å². The van der Waals surface area contributed by atoms with Crippen molar-refractivity contribution in [2.24, 2.45) is 5.92 Å². The van der Waals surface area contributed by atoms with Crippen molar-refractivity contribution in [3.05, 3.63) is 58.6 Å². The minimum absolute atomic E-state index is 0.00921. The molecule has 3 aromatic rings. The first-order valence-electron chi connectivity index (χ1n) is 12.3. The summed E-state index contributed by atoms with van der Waals surface area (Å²) in [4.78, 5) is 27.0. The molecule has 5 atom stereocenters. The Kier molecular flexibility index (Phi) is 6.73. The number of carbonyl (C=O) groups is 1. The molecule has 1 aromatic carbocycles. The number of carbonyl (C=O) groups excluding carboxylic acids is 1. The zero-order valence-electron chi connectivity index (χ0n) is 21.2. The number of amides is 1. The molecule has 4 heterocycles. The second-order valence-corrected chi connectivity index (χ2v) is 11.1. The lowest BCUT2D eigenvalue weighted by Gasteiger charge is -2.32. The number of rotatable bonds is 6. The zero-order chi connectivity index (χ0) is 25.6. The average molecular weight is 512 g/mol. The Morgan fingerprint density at radius 2 is 2.03 bits per heavy atom. The summed E-state index contributed by atoms with van der Waals surface area (Å²) in [5.74, 6) is 0.00641. The monoisotopic (exact) mass is 511 g/mol. The molecule has 2 saturated heterocycles. The summed E-state index contributed by atoms with van der Waals surface area (Å²) >= 11 is 1.62. The maximum Gasteiger partial charge on any atom is 0.234 e. The molecule has 2 aliphatic heterocycles. The van der Waals surface area contributed by atoms with Gasteiger partial charge >= 0.3 is 0 Å². The number of nitrogens with one attached hydrogen (secondary N) is 2. The molecule has 0 radical (unpaired) electrons. The van der Waals surface area contributed by atoms with Crippen molar-refractivity contribution in [3.8, 4) is 10.4 Å². The average Bonchev–Trinajstić information content (AvgIpc) is 3.62. The van der Waals surface area contributed by atoms with Crippen LogP contribution in [0.25, 0.3) is 10.4 Å². The van der Waals surface area contributed by atoms with E-state index in [9.17, 15) is 9.90 Å². The Labute approximate surface area is 214 Å². The number of aryl methyl sites for hydroxylation is 2. The van der Waals surface area contributed by atoms with Gasteiger partial charge in [-0.15, -0.1) is 11.3 Å². The van der Waals surface area contributed by atoms with Crippen LogP contribution in [-0.4, -0.2) is 50.9 Å². The number of aliphatic hydroxyl groups excluding tert-OH is 1. The van der Waals surface area contributed by atoms with E-state index in [2.05, 4.69) is 33.1 Å². The number of benzene rings is 1. The number of aromatic nitrogens is 2. The normalized spacial score (nSPS) is 27.2. The number of nitrogens with zero attached hydrogens (tertiary/aromatic N) is 3. The van der Waals surface area contributed by atoms with Crippen LogP contribution in [0.3, 0.4) is 0 Å². The van der Waals surface area contributed by atoms with E-state index in [-0.39, 0.29) is 30.6 Å². The molecular weight excluding hydrogens is 478 g/mol. The fraction of sp³-hybridized carbons (Fsp3) is 0.500. The van der Waals surface area contributed by atoms with E-state index in [0.717, 1.165) is 27.4 Å². The molecule has 0 saturated carbocycles. The minimum Gasteiger partial charge on any atom is -0.391 e. The van der Waals surface area contributed by atoms with Crippen LogP contribution in [0.2, 0.25) is 0 Å². The van der Waals surface area contributed by atoms with Crippen molar-refractivity contribution >= 4 is 17.2 Å². The van der Waals surface area contributed by atoms with Crippen LogP contribution in [0.1, 0.15) is 55.8 Å². The predicted octanol–water partition coefficient (Wildman–Crippen LogP) is 3.44. The molecule has 0 aliphatic carbocycles. The molecule has 10 heteroatoms. The molecular formula is C26H33N5O4S. The molecule has 2 fully saturated rings. The van der Waals surface area contributed by atoms with Crippen molar-refractivity contribution in [2.45, 2.75) is 71.0 Å². The molecule has 192 valence electrons. The molecule has 36 heavy (non-hydrogen) atoms. The molecule has 0 spiro atoms. The predicted molar refractivity (Wildman–Crippen MR) is 136 cm³/mol. The van der Waals surface area contributed by atoms with Crippen LogP contribution >= 0.6 is 11.3 Å². The zero-order valence-corrected chi connectivity index (χ0v) is 22.0. The first kappa shape index (κ1) is 25.0. The minimum atomic E-state index is -0.798. The third kappa shape index (κ3) is 4.59. The fourth-order valence-corrected chi connectivity index (χ4v) is 6.04. The van der Waals surface area contributed by atoms with Crippen LogP contribution < -0.4 is 10.8 Å². The highest BCUT2D eigenvalue weighted by Gasteiger charge is 2.48. The maximum absolute atomic E-state index is 13.7. The van der Waals surface area contributed by atoms with Gasteiger partial charge in [0, 0.05) is 18.2 Å². The van der Waals surface area contributed by atoms with Gasteiger partial charge in [-0.3, -0.25) is 14.9 Å². The van der Waals surface area contributed by atoms with Crippen LogP contribution in [0.15, 0.2) is 40.4 Å². The lowest BCUT2D eigenvalue weighted by molar-refractivity contribution is -0.136. The number of thiazole rings is 1. The molecule has 9 nitrogen and oxygen atoms in total. The van der Waals surface area contributed by atoms with Crippen molar-refractivity contribution < 1.29 is 19.3 Å². The van der Waals surface area contributed by atoms with Gasteiger partial charge in [0.25, 0.3) is 0 Å². The standard InChI is InChI=1S/C26H33N5O4S/c1-14(2)22(21-10-15(3)29-34-21)25(33)31-12-19(32)11-20(31)24-28-26(5,35-30-24)18-8-6-17(7-9-18)23-16(4)27-13-36-23/h6-10,13-14,19-20,22,24,28,30,32H,11-12H2,1-5H3/t19-,20+,22-,24?,26-/m1/s1. The quantitative estimate of drug-likeness (QED) is 0.461. The van der Waals surface area contributed by atoms with E-state index in [0.29, 0.717) is 12.2 Å². The SMILES string of the molecule is Cc1cc([C@H](C(=O)N2C[C@H](O)C[C@H]2C2NO[C@](C)(c3ccc(-c4scnc4C)cc3)N2)C(C)C)on1. The third-order valence-electron chi connectivity index (χ3n) is 7.14. The van der Waals surface area contributed by atoms with Crippen molar-refractivity contribution in [1.82, 2.24) is 25.8 Å².